The Morgan fingerprint density at radius 3 is 2.51 bits per heavy atom. The van der Waals surface area contributed by atoms with E-state index in [2.05, 4.69) is 55.7 Å². The number of aliphatic hydroxyl groups is 1. The van der Waals surface area contributed by atoms with Crippen LogP contribution in [-0.2, 0) is 6.54 Å². The highest BCUT2D eigenvalue weighted by atomic mass is 16.3. The molecule has 0 spiro atoms. The molecule has 2 N–H and O–H groups in total. The molecule has 5 rings (SSSR count). The van der Waals surface area contributed by atoms with Crippen molar-refractivity contribution in [3.8, 4) is 0 Å². The van der Waals surface area contributed by atoms with Gasteiger partial charge in [0.1, 0.15) is 0 Å². The zero-order chi connectivity index (χ0) is 26.2. The first-order valence-corrected chi connectivity index (χ1v) is 16.1. The monoisotopic (exact) mass is 511 g/mol. The standard InChI is InChI=1S/C33H57N3O/c1-23(2)8-6-9-24(3)27-10-11-28-31-29(13-15-33(27,28)5)32(4)14-12-26(20-25(32)21-30(31)37)35-16-7-18-36-19-17-34-22-36/h17,19,22-31,35,37H,6-16,18,20-21H2,1-5H3/t24-,25-,26+,27-,28?,29?,30-,31?,32+,33-/m1/s1. The van der Waals surface area contributed by atoms with Crippen molar-refractivity contribution >= 4 is 0 Å². The minimum atomic E-state index is -0.0808. The van der Waals surface area contributed by atoms with E-state index in [4.69, 9.17) is 0 Å². The minimum Gasteiger partial charge on any atom is -0.393 e. The Bertz CT molecular complexity index is 854. The topological polar surface area (TPSA) is 50.1 Å². The van der Waals surface area contributed by atoms with Crippen molar-refractivity contribution in [2.24, 2.45) is 52.3 Å². The lowest BCUT2D eigenvalue weighted by atomic mass is 9.43. The molecule has 3 unspecified atom stereocenters. The highest BCUT2D eigenvalue weighted by Crippen LogP contribution is 2.68. The molecule has 0 aromatic carbocycles. The highest BCUT2D eigenvalue weighted by Gasteiger charge is 2.62. The number of rotatable bonds is 10. The second-order valence-electron chi connectivity index (χ2n) is 14.9. The van der Waals surface area contributed by atoms with Gasteiger partial charge in [-0.1, -0.05) is 53.9 Å². The van der Waals surface area contributed by atoms with E-state index in [9.17, 15) is 5.11 Å². The number of nitrogens with zero attached hydrogens (tertiary/aromatic N) is 2. The third-order valence-electron chi connectivity index (χ3n) is 12.5. The summed E-state index contributed by atoms with van der Waals surface area (Å²) in [4.78, 5) is 4.16. The molecule has 210 valence electrons. The summed E-state index contributed by atoms with van der Waals surface area (Å²) in [5.74, 6) is 5.24. The van der Waals surface area contributed by atoms with E-state index in [1.54, 1.807) is 0 Å². The average Bonchev–Trinajstić information content (AvgIpc) is 3.49. The molecule has 10 atom stereocenters. The third-order valence-corrected chi connectivity index (χ3v) is 12.5. The molecule has 1 aromatic rings. The minimum absolute atomic E-state index is 0.0808. The fourth-order valence-corrected chi connectivity index (χ4v) is 10.4. The van der Waals surface area contributed by atoms with Gasteiger partial charge < -0.3 is 15.0 Å². The van der Waals surface area contributed by atoms with Gasteiger partial charge in [0.15, 0.2) is 0 Å². The number of fused-ring (bicyclic) bond motifs is 5. The molecule has 0 saturated heterocycles. The maximum absolute atomic E-state index is 11.7. The molecule has 0 bridgehead atoms. The van der Waals surface area contributed by atoms with Crippen LogP contribution in [0.15, 0.2) is 18.7 Å². The van der Waals surface area contributed by atoms with Crippen LogP contribution in [0.5, 0.6) is 0 Å². The lowest BCUT2D eigenvalue weighted by molar-refractivity contribution is -0.167. The van der Waals surface area contributed by atoms with Crippen LogP contribution >= 0.6 is 0 Å². The molecule has 4 aliphatic carbocycles. The maximum Gasteiger partial charge on any atom is 0.0945 e. The maximum atomic E-state index is 11.7. The first-order chi connectivity index (χ1) is 17.7. The first kappa shape index (κ1) is 27.7. The summed E-state index contributed by atoms with van der Waals surface area (Å²) < 4.78 is 2.17. The number of nitrogens with one attached hydrogen (secondary N) is 1. The predicted octanol–water partition coefficient (Wildman–Crippen LogP) is 7.32. The van der Waals surface area contributed by atoms with Crippen molar-refractivity contribution in [2.45, 2.75) is 130 Å². The van der Waals surface area contributed by atoms with Gasteiger partial charge in [-0.05, 0) is 117 Å². The third kappa shape index (κ3) is 5.45. The molecular weight excluding hydrogens is 454 g/mol. The molecule has 37 heavy (non-hydrogen) atoms. The number of hydrogen-bond donors (Lipinski definition) is 2. The fourth-order valence-electron chi connectivity index (χ4n) is 10.4. The van der Waals surface area contributed by atoms with Crippen LogP contribution in [0.25, 0.3) is 0 Å². The molecule has 4 heteroatoms. The Morgan fingerprint density at radius 2 is 1.76 bits per heavy atom. The van der Waals surface area contributed by atoms with E-state index < -0.39 is 0 Å². The first-order valence-electron chi connectivity index (χ1n) is 16.1. The molecule has 4 nitrogen and oxygen atoms in total. The lowest BCUT2D eigenvalue weighted by Gasteiger charge is -2.62. The van der Waals surface area contributed by atoms with E-state index in [1.165, 1.54) is 64.2 Å². The van der Waals surface area contributed by atoms with Gasteiger partial charge in [0.25, 0.3) is 0 Å². The van der Waals surface area contributed by atoms with Gasteiger partial charge in [0, 0.05) is 25.0 Å². The molecule has 0 aliphatic heterocycles. The summed E-state index contributed by atoms with van der Waals surface area (Å²) >= 11 is 0. The lowest BCUT2D eigenvalue weighted by Crippen LogP contribution is -2.59. The van der Waals surface area contributed by atoms with Crippen molar-refractivity contribution in [3.05, 3.63) is 18.7 Å². The summed E-state index contributed by atoms with van der Waals surface area (Å²) in [5.41, 5.74) is 0.887. The molecule has 4 fully saturated rings. The van der Waals surface area contributed by atoms with Crippen LogP contribution in [0.2, 0.25) is 0 Å². The van der Waals surface area contributed by atoms with Crippen LogP contribution in [0, 0.1) is 52.3 Å². The second kappa shape index (κ2) is 11.3. The fraction of sp³-hybridized carbons (Fsp3) is 0.909. The SMILES string of the molecule is CC(C)CCC[C@@H](C)[C@H]1CCC2C3C(CC[C@@]21C)[C@@]1(C)CC[C@H](NCCCn2ccnc2)C[C@@H]1C[C@H]3O. The number of imidazole rings is 1. The molecule has 1 aromatic heterocycles. The smallest absolute Gasteiger partial charge is 0.0945 e. The van der Waals surface area contributed by atoms with Crippen LogP contribution in [0.1, 0.15) is 112 Å². The molecule has 1 heterocycles. The van der Waals surface area contributed by atoms with Gasteiger partial charge in [0.2, 0.25) is 0 Å². The van der Waals surface area contributed by atoms with E-state index in [1.807, 2.05) is 12.5 Å². The average molecular weight is 512 g/mol. The summed E-state index contributed by atoms with van der Waals surface area (Å²) in [7, 11) is 0. The van der Waals surface area contributed by atoms with Crippen molar-refractivity contribution in [1.29, 1.82) is 0 Å². The summed E-state index contributed by atoms with van der Waals surface area (Å²) in [5, 5.41) is 15.6. The van der Waals surface area contributed by atoms with Crippen molar-refractivity contribution in [1.82, 2.24) is 14.9 Å². The zero-order valence-electron chi connectivity index (χ0n) is 24.7. The number of aliphatic hydroxyl groups excluding tert-OH is 1. The summed E-state index contributed by atoms with van der Waals surface area (Å²) in [6.45, 7) is 14.7. The van der Waals surface area contributed by atoms with Gasteiger partial charge in [-0.15, -0.1) is 0 Å². The van der Waals surface area contributed by atoms with Gasteiger partial charge in [-0.2, -0.15) is 0 Å². The zero-order valence-corrected chi connectivity index (χ0v) is 24.7. The van der Waals surface area contributed by atoms with Crippen molar-refractivity contribution in [2.75, 3.05) is 6.54 Å². The number of hydrogen-bond acceptors (Lipinski definition) is 3. The van der Waals surface area contributed by atoms with Crippen molar-refractivity contribution in [3.63, 3.8) is 0 Å². The number of aryl methyl sites for hydroxylation is 1. The van der Waals surface area contributed by atoms with E-state index in [0.717, 1.165) is 55.5 Å². The summed E-state index contributed by atoms with van der Waals surface area (Å²) in [6, 6.07) is 0.626. The van der Waals surface area contributed by atoms with Gasteiger partial charge in [-0.3, -0.25) is 0 Å². The highest BCUT2D eigenvalue weighted by molar-refractivity contribution is 5.12. The quantitative estimate of drug-likeness (QED) is 0.323. The van der Waals surface area contributed by atoms with Crippen molar-refractivity contribution < 1.29 is 5.11 Å². The van der Waals surface area contributed by atoms with Crippen LogP contribution in [-0.4, -0.2) is 33.3 Å². The van der Waals surface area contributed by atoms with Gasteiger partial charge >= 0.3 is 0 Å². The molecular formula is C33H57N3O. The van der Waals surface area contributed by atoms with E-state index >= 15 is 0 Å². The molecule has 4 aliphatic rings. The summed E-state index contributed by atoms with van der Waals surface area (Å²) in [6.07, 6.45) is 21.6. The van der Waals surface area contributed by atoms with Gasteiger partial charge in [-0.25, -0.2) is 4.98 Å². The molecule has 0 radical (unpaired) electrons. The molecule has 4 saturated carbocycles. The Morgan fingerprint density at radius 1 is 0.973 bits per heavy atom. The van der Waals surface area contributed by atoms with E-state index in [0.29, 0.717) is 28.7 Å². The second-order valence-corrected chi connectivity index (χ2v) is 14.9. The number of aromatic nitrogens is 2. The predicted molar refractivity (Wildman–Crippen MR) is 153 cm³/mol. The van der Waals surface area contributed by atoms with E-state index in [-0.39, 0.29) is 6.10 Å². The van der Waals surface area contributed by atoms with Crippen LogP contribution in [0.4, 0.5) is 0 Å². The van der Waals surface area contributed by atoms with Gasteiger partial charge in [0.05, 0.1) is 12.4 Å². The Balaban J connectivity index is 1.19. The van der Waals surface area contributed by atoms with Crippen LogP contribution < -0.4 is 5.32 Å². The molecule has 0 amide bonds. The Hall–Kier alpha value is -0.870. The Kier molecular flexibility index (Phi) is 8.47. The van der Waals surface area contributed by atoms with Crippen LogP contribution in [0.3, 0.4) is 0 Å². The normalized spacial score (nSPS) is 42.3. The Labute approximate surface area is 227 Å². The largest absolute Gasteiger partial charge is 0.393 e.